The first-order chi connectivity index (χ1) is 5.10. The number of ether oxygens (including phenoxy) is 1. The summed E-state index contributed by atoms with van der Waals surface area (Å²) in [6, 6.07) is 2.10. The predicted molar refractivity (Wildman–Crippen MR) is 41.2 cm³/mol. The van der Waals surface area contributed by atoms with E-state index >= 15 is 0 Å². The normalized spacial score (nSPS) is 53.0. The van der Waals surface area contributed by atoms with Crippen LogP contribution in [0.25, 0.3) is 0 Å². The molecule has 3 heteroatoms. The lowest BCUT2D eigenvalue weighted by Crippen LogP contribution is -2.41. The van der Waals surface area contributed by atoms with Crippen molar-refractivity contribution in [2.24, 2.45) is 0 Å². The molecular weight excluding hydrogens is 162 g/mol. The Balaban J connectivity index is 2.45. The van der Waals surface area contributed by atoms with E-state index in [4.69, 9.17) is 21.6 Å². The van der Waals surface area contributed by atoms with Crippen LogP contribution in [0.2, 0.25) is 0 Å². The largest absolute Gasteiger partial charge is 0.361 e. The summed E-state index contributed by atoms with van der Waals surface area (Å²) < 4.78 is 5.50. The van der Waals surface area contributed by atoms with Gasteiger partial charge in [0.15, 0.2) is 4.87 Å². The van der Waals surface area contributed by atoms with E-state index in [2.05, 4.69) is 6.07 Å². The minimum absolute atomic E-state index is 0.0529. The van der Waals surface area contributed by atoms with Gasteiger partial charge in [-0.3, -0.25) is 0 Å². The van der Waals surface area contributed by atoms with E-state index < -0.39 is 10.5 Å². The van der Waals surface area contributed by atoms with Gasteiger partial charge in [0, 0.05) is 6.42 Å². The Kier molecular flexibility index (Phi) is 1.17. The summed E-state index contributed by atoms with van der Waals surface area (Å²) in [6.07, 6.45) is 4.52. The first-order valence-electron chi connectivity index (χ1n) is 3.57. The molecule has 2 bridgehead atoms. The molecule has 0 spiro atoms. The smallest absolute Gasteiger partial charge is 0.165 e. The van der Waals surface area contributed by atoms with Crippen LogP contribution in [0, 0.1) is 11.3 Å². The van der Waals surface area contributed by atoms with E-state index in [-0.39, 0.29) is 6.10 Å². The molecule has 0 aliphatic carbocycles. The molecule has 0 aromatic heterocycles. The Labute approximate surface area is 70.4 Å². The van der Waals surface area contributed by atoms with E-state index in [1.807, 2.05) is 19.1 Å². The van der Waals surface area contributed by atoms with Crippen molar-refractivity contribution in [3.05, 3.63) is 12.2 Å². The summed E-state index contributed by atoms with van der Waals surface area (Å²) in [7, 11) is 0. The van der Waals surface area contributed by atoms with Gasteiger partial charge in [0.25, 0.3) is 0 Å². The highest BCUT2D eigenvalue weighted by Gasteiger charge is 2.57. The summed E-state index contributed by atoms with van der Waals surface area (Å²) in [5.74, 6) is 0. The average molecular weight is 170 g/mol. The van der Waals surface area contributed by atoms with Crippen LogP contribution >= 0.6 is 11.6 Å². The highest BCUT2D eigenvalue weighted by Crippen LogP contribution is 2.49. The van der Waals surface area contributed by atoms with Gasteiger partial charge in [-0.2, -0.15) is 5.26 Å². The van der Waals surface area contributed by atoms with E-state index in [9.17, 15) is 0 Å². The number of fused-ring (bicyclic) bond motifs is 2. The van der Waals surface area contributed by atoms with Crippen molar-refractivity contribution in [2.45, 2.75) is 29.9 Å². The molecule has 1 fully saturated rings. The predicted octanol–water partition coefficient (Wildman–Crippen LogP) is 1.60. The van der Waals surface area contributed by atoms with Gasteiger partial charge < -0.3 is 4.74 Å². The van der Waals surface area contributed by atoms with E-state index in [0.717, 1.165) is 0 Å². The molecule has 3 atom stereocenters. The fourth-order valence-corrected chi connectivity index (χ4v) is 1.92. The Morgan fingerprint density at radius 3 is 2.82 bits per heavy atom. The Morgan fingerprint density at radius 1 is 1.82 bits per heavy atom. The zero-order chi connectivity index (χ0) is 8.11. The van der Waals surface area contributed by atoms with Gasteiger partial charge in [0.1, 0.15) is 5.60 Å². The first-order valence-corrected chi connectivity index (χ1v) is 3.95. The topological polar surface area (TPSA) is 33.0 Å². The van der Waals surface area contributed by atoms with Crippen molar-refractivity contribution in [3.63, 3.8) is 0 Å². The van der Waals surface area contributed by atoms with Gasteiger partial charge in [0.2, 0.25) is 0 Å². The van der Waals surface area contributed by atoms with Crippen LogP contribution < -0.4 is 0 Å². The quantitative estimate of drug-likeness (QED) is 0.408. The van der Waals surface area contributed by atoms with Crippen LogP contribution in [0.1, 0.15) is 13.3 Å². The molecule has 0 amide bonds. The maximum absolute atomic E-state index is 8.82. The number of nitrogens with zero attached hydrogens (tertiary/aromatic N) is 1. The zero-order valence-electron chi connectivity index (χ0n) is 6.17. The molecule has 0 aromatic carbocycles. The van der Waals surface area contributed by atoms with Gasteiger partial charge in [-0.1, -0.05) is 23.8 Å². The van der Waals surface area contributed by atoms with Crippen molar-refractivity contribution in [1.82, 2.24) is 0 Å². The lowest BCUT2D eigenvalue weighted by Gasteiger charge is -2.27. The molecule has 0 aromatic rings. The van der Waals surface area contributed by atoms with Crippen LogP contribution in [0.5, 0.6) is 0 Å². The lowest BCUT2D eigenvalue weighted by atomic mass is 9.85. The second-order valence-electron chi connectivity index (χ2n) is 3.24. The van der Waals surface area contributed by atoms with Crippen molar-refractivity contribution >= 4 is 11.6 Å². The maximum Gasteiger partial charge on any atom is 0.165 e. The summed E-state index contributed by atoms with van der Waals surface area (Å²) in [6.45, 7) is 1.85. The van der Waals surface area contributed by atoms with E-state index in [1.165, 1.54) is 0 Å². The summed E-state index contributed by atoms with van der Waals surface area (Å²) in [5, 5.41) is 8.82. The highest BCUT2D eigenvalue weighted by molar-refractivity contribution is 6.27. The van der Waals surface area contributed by atoms with Crippen LogP contribution in [0.15, 0.2) is 12.2 Å². The standard InChI is InChI=1S/C8H8ClNO/c1-7-3-2-6(11-7)4-8(7,9)5-10/h2-3,6H,4H2,1H3/t6-,7+,8?/m1/s1. The SMILES string of the molecule is C[C@]12C=C[C@H](CC1(Cl)C#N)O2. The average Bonchev–Trinajstić information content (AvgIpc) is 2.42. The van der Waals surface area contributed by atoms with Crippen molar-refractivity contribution in [2.75, 3.05) is 0 Å². The third-order valence-corrected chi connectivity index (χ3v) is 3.09. The molecule has 2 rings (SSSR count). The molecule has 1 unspecified atom stereocenters. The van der Waals surface area contributed by atoms with Crippen LogP contribution in [-0.4, -0.2) is 16.6 Å². The number of nitriles is 1. The van der Waals surface area contributed by atoms with Crippen LogP contribution in [-0.2, 0) is 4.74 Å². The minimum Gasteiger partial charge on any atom is -0.361 e. The zero-order valence-corrected chi connectivity index (χ0v) is 6.93. The number of alkyl halides is 1. The molecule has 2 aliphatic heterocycles. The Morgan fingerprint density at radius 2 is 2.55 bits per heavy atom. The summed E-state index contributed by atoms with van der Waals surface area (Å²) in [4.78, 5) is -0.841. The number of hydrogen-bond acceptors (Lipinski definition) is 2. The third-order valence-electron chi connectivity index (χ3n) is 2.47. The fourth-order valence-electron chi connectivity index (χ4n) is 1.66. The summed E-state index contributed by atoms with van der Waals surface area (Å²) >= 11 is 6.06. The fraction of sp³-hybridized carbons (Fsp3) is 0.625. The Hall–Kier alpha value is -0.520. The number of halogens is 1. The van der Waals surface area contributed by atoms with E-state index in [0.29, 0.717) is 6.42 Å². The van der Waals surface area contributed by atoms with Crippen molar-refractivity contribution in [1.29, 1.82) is 5.26 Å². The first kappa shape index (κ1) is 7.15. The molecule has 58 valence electrons. The molecule has 2 aliphatic rings. The summed E-state index contributed by atoms with van der Waals surface area (Å²) in [5.41, 5.74) is -0.562. The van der Waals surface area contributed by atoms with Gasteiger partial charge in [-0.25, -0.2) is 0 Å². The molecular formula is C8H8ClNO. The maximum atomic E-state index is 8.82. The lowest BCUT2D eigenvalue weighted by molar-refractivity contribution is 0.0406. The third kappa shape index (κ3) is 0.702. The van der Waals surface area contributed by atoms with E-state index in [1.54, 1.807) is 0 Å². The second kappa shape index (κ2) is 1.80. The second-order valence-corrected chi connectivity index (χ2v) is 3.88. The van der Waals surface area contributed by atoms with Gasteiger partial charge in [-0.15, -0.1) is 0 Å². The molecule has 2 nitrogen and oxygen atoms in total. The minimum atomic E-state index is -0.841. The molecule has 0 radical (unpaired) electrons. The molecule has 0 N–H and O–H groups in total. The van der Waals surface area contributed by atoms with Gasteiger partial charge in [0.05, 0.1) is 12.2 Å². The molecule has 1 saturated heterocycles. The number of rotatable bonds is 0. The number of hydrogen-bond donors (Lipinski definition) is 0. The molecule has 2 heterocycles. The van der Waals surface area contributed by atoms with Crippen LogP contribution in [0.4, 0.5) is 0 Å². The van der Waals surface area contributed by atoms with Crippen molar-refractivity contribution in [3.8, 4) is 6.07 Å². The van der Waals surface area contributed by atoms with Gasteiger partial charge in [-0.05, 0) is 6.92 Å². The van der Waals surface area contributed by atoms with Crippen molar-refractivity contribution < 1.29 is 4.74 Å². The Bertz CT molecular complexity index is 270. The molecule has 11 heavy (non-hydrogen) atoms. The van der Waals surface area contributed by atoms with Gasteiger partial charge >= 0.3 is 0 Å². The monoisotopic (exact) mass is 169 g/mol. The van der Waals surface area contributed by atoms with Crippen LogP contribution in [0.3, 0.4) is 0 Å². The molecule has 0 saturated carbocycles. The highest BCUT2D eigenvalue weighted by atomic mass is 35.5.